The lowest BCUT2D eigenvalue weighted by Gasteiger charge is -2.36. The molecule has 2 amide bonds. The van der Waals surface area contributed by atoms with Gasteiger partial charge in [-0.3, -0.25) is 9.59 Å². The largest absolute Gasteiger partial charge is 0.415 e. The van der Waals surface area contributed by atoms with Gasteiger partial charge in [-0.05, 0) is 37.2 Å². The van der Waals surface area contributed by atoms with Crippen LogP contribution in [0.4, 0.5) is 5.82 Å². The van der Waals surface area contributed by atoms with Gasteiger partial charge in [0.05, 0.1) is 30.0 Å². The first-order valence-electron chi connectivity index (χ1n) is 9.06. The Labute approximate surface area is 160 Å². The zero-order chi connectivity index (χ0) is 20.0. The van der Waals surface area contributed by atoms with Gasteiger partial charge in [-0.25, -0.2) is 9.58 Å². The molecule has 0 spiro atoms. The second kappa shape index (κ2) is 6.69. The quantitative estimate of drug-likeness (QED) is 0.579. The average molecular weight is 387 g/mol. The van der Waals surface area contributed by atoms with Gasteiger partial charge in [0.15, 0.2) is 14.1 Å². The van der Waals surface area contributed by atoms with Gasteiger partial charge < -0.3 is 4.43 Å². The van der Waals surface area contributed by atoms with E-state index >= 15 is 0 Å². The van der Waals surface area contributed by atoms with E-state index in [4.69, 9.17) is 4.43 Å². The highest BCUT2D eigenvalue weighted by molar-refractivity contribution is 6.74. The minimum absolute atomic E-state index is 0.0597. The average Bonchev–Trinajstić information content (AvgIpc) is 3.16. The van der Waals surface area contributed by atoms with Crippen LogP contribution in [0.25, 0.3) is 0 Å². The zero-order valence-electron chi connectivity index (χ0n) is 16.7. The molecule has 0 unspecified atom stereocenters. The Balaban J connectivity index is 1.74. The van der Waals surface area contributed by atoms with Crippen molar-refractivity contribution in [2.45, 2.75) is 51.9 Å². The van der Waals surface area contributed by atoms with Gasteiger partial charge in [-0.15, -0.1) is 5.10 Å². The van der Waals surface area contributed by atoms with Gasteiger partial charge in [-0.1, -0.05) is 38.1 Å². The van der Waals surface area contributed by atoms with Gasteiger partial charge in [0.2, 0.25) is 0 Å². The summed E-state index contributed by atoms with van der Waals surface area (Å²) in [5.74, 6) is -0.499. The summed E-state index contributed by atoms with van der Waals surface area (Å²) in [6.07, 6.45) is 1.63. The number of carbonyl (C=O) groups is 2. The first kappa shape index (κ1) is 19.4. The van der Waals surface area contributed by atoms with E-state index in [0.29, 0.717) is 17.7 Å². The van der Waals surface area contributed by atoms with Crippen molar-refractivity contribution < 1.29 is 14.0 Å². The van der Waals surface area contributed by atoms with Crippen molar-refractivity contribution in [3.63, 3.8) is 0 Å². The molecule has 1 aliphatic rings. The number of amides is 2. The van der Waals surface area contributed by atoms with Crippen molar-refractivity contribution in [1.29, 1.82) is 0 Å². The van der Waals surface area contributed by atoms with Crippen LogP contribution in [-0.2, 0) is 4.43 Å². The van der Waals surface area contributed by atoms with E-state index in [1.807, 2.05) is 6.92 Å². The monoisotopic (exact) mass is 386 g/mol. The molecule has 0 fully saturated rings. The highest BCUT2D eigenvalue weighted by Gasteiger charge is 2.39. The molecule has 0 N–H and O–H groups in total. The molecular weight excluding hydrogens is 360 g/mol. The van der Waals surface area contributed by atoms with E-state index in [-0.39, 0.29) is 28.7 Å². The number of imide groups is 1. The molecule has 0 radical (unpaired) electrons. The standard InChI is InChI=1S/C19H26N4O3Si/c1-13(12-26-27(5,6)19(2,3)4)22-11-16(20-21-22)23-17(24)14-9-7-8-10-15(14)18(23)25/h7-11,13H,12H2,1-6H3/t13-/m1/s1. The van der Waals surface area contributed by atoms with Crippen LogP contribution in [0, 0.1) is 0 Å². The van der Waals surface area contributed by atoms with Gasteiger partial charge in [0.1, 0.15) is 0 Å². The predicted octanol–water partition coefficient (Wildman–Crippen LogP) is 3.66. The van der Waals surface area contributed by atoms with Crippen molar-refractivity contribution in [3.8, 4) is 0 Å². The maximum absolute atomic E-state index is 12.6. The molecule has 144 valence electrons. The Hall–Kier alpha value is -2.32. The Kier molecular flexibility index (Phi) is 4.81. The number of nitrogens with zero attached hydrogens (tertiary/aromatic N) is 4. The molecule has 2 heterocycles. The topological polar surface area (TPSA) is 77.3 Å². The number of benzene rings is 1. The summed E-state index contributed by atoms with van der Waals surface area (Å²) < 4.78 is 7.89. The Morgan fingerprint density at radius 1 is 1.11 bits per heavy atom. The van der Waals surface area contributed by atoms with E-state index in [1.165, 1.54) is 0 Å². The number of hydrogen-bond donors (Lipinski definition) is 0. The number of hydrogen-bond acceptors (Lipinski definition) is 5. The van der Waals surface area contributed by atoms with Crippen molar-refractivity contribution in [2.75, 3.05) is 11.5 Å². The molecule has 1 aromatic heterocycles. The van der Waals surface area contributed by atoms with E-state index in [9.17, 15) is 9.59 Å². The number of aromatic nitrogens is 3. The second-order valence-corrected chi connectivity index (χ2v) is 13.3. The van der Waals surface area contributed by atoms with Crippen LogP contribution >= 0.6 is 0 Å². The number of carbonyl (C=O) groups excluding carboxylic acids is 2. The molecule has 7 nitrogen and oxygen atoms in total. The lowest BCUT2D eigenvalue weighted by atomic mass is 10.1. The van der Waals surface area contributed by atoms with Crippen LogP contribution < -0.4 is 4.90 Å². The van der Waals surface area contributed by atoms with Crippen molar-refractivity contribution >= 4 is 25.9 Å². The van der Waals surface area contributed by atoms with Gasteiger partial charge >= 0.3 is 0 Å². The van der Waals surface area contributed by atoms with Crippen LogP contribution in [0.2, 0.25) is 18.1 Å². The number of anilines is 1. The van der Waals surface area contributed by atoms with Crippen LogP contribution in [0.15, 0.2) is 30.5 Å². The molecule has 0 aliphatic carbocycles. The smallest absolute Gasteiger partial charge is 0.267 e. The Morgan fingerprint density at radius 3 is 2.19 bits per heavy atom. The van der Waals surface area contributed by atoms with Crippen LogP contribution in [0.5, 0.6) is 0 Å². The van der Waals surface area contributed by atoms with Crippen molar-refractivity contribution in [1.82, 2.24) is 15.0 Å². The normalized spacial score (nSPS) is 16.0. The summed E-state index contributed by atoms with van der Waals surface area (Å²) in [7, 11) is -1.86. The summed E-state index contributed by atoms with van der Waals surface area (Å²) in [6.45, 7) is 13.5. The molecule has 27 heavy (non-hydrogen) atoms. The van der Waals surface area contributed by atoms with E-state index < -0.39 is 8.32 Å². The molecule has 8 heteroatoms. The van der Waals surface area contributed by atoms with Crippen LogP contribution in [-0.4, -0.2) is 41.7 Å². The Morgan fingerprint density at radius 2 is 1.67 bits per heavy atom. The summed E-state index contributed by atoms with van der Waals surface area (Å²) in [5.41, 5.74) is 0.790. The minimum Gasteiger partial charge on any atom is -0.415 e. The molecule has 0 saturated heterocycles. The number of fused-ring (bicyclic) bond motifs is 1. The lowest BCUT2D eigenvalue weighted by molar-refractivity contribution is 0.0925. The van der Waals surface area contributed by atoms with Gasteiger partial charge in [0, 0.05) is 0 Å². The molecule has 1 atom stereocenters. The van der Waals surface area contributed by atoms with E-state index in [0.717, 1.165) is 4.90 Å². The highest BCUT2D eigenvalue weighted by Crippen LogP contribution is 2.37. The van der Waals surface area contributed by atoms with Gasteiger partial charge in [-0.2, -0.15) is 0 Å². The van der Waals surface area contributed by atoms with Crippen LogP contribution in [0.3, 0.4) is 0 Å². The maximum Gasteiger partial charge on any atom is 0.267 e. The molecular formula is C19H26N4O3Si. The SMILES string of the molecule is C[C@H](CO[Si](C)(C)C(C)(C)C)n1cc(N2C(=O)c3ccccc3C2=O)nn1. The highest BCUT2D eigenvalue weighted by atomic mass is 28.4. The number of rotatable bonds is 5. The zero-order valence-corrected chi connectivity index (χ0v) is 17.7. The molecule has 0 bridgehead atoms. The summed E-state index contributed by atoms with van der Waals surface area (Å²) in [6, 6.07) is 6.72. The molecule has 1 aliphatic heterocycles. The molecule has 2 aromatic rings. The maximum atomic E-state index is 12.6. The minimum atomic E-state index is -1.86. The summed E-state index contributed by atoms with van der Waals surface area (Å²) >= 11 is 0. The van der Waals surface area contributed by atoms with Gasteiger partial charge in [0.25, 0.3) is 11.8 Å². The first-order valence-corrected chi connectivity index (χ1v) is 12.0. The van der Waals surface area contributed by atoms with E-state index in [2.05, 4.69) is 44.2 Å². The van der Waals surface area contributed by atoms with Crippen molar-refractivity contribution in [3.05, 3.63) is 41.6 Å². The van der Waals surface area contributed by atoms with Crippen LogP contribution in [0.1, 0.15) is 54.5 Å². The molecule has 0 saturated carbocycles. The fraction of sp³-hybridized carbons (Fsp3) is 0.474. The summed E-state index contributed by atoms with van der Waals surface area (Å²) in [5, 5.41) is 8.29. The fourth-order valence-electron chi connectivity index (χ4n) is 2.60. The third kappa shape index (κ3) is 3.46. The molecule has 3 rings (SSSR count). The first-order chi connectivity index (χ1) is 12.5. The van der Waals surface area contributed by atoms with E-state index in [1.54, 1.807) is 35.1 Å². The lowest BCUT2D eigenvalue weighted by Crippen LogP contribution is -2.42. The summed E-state index contributed by atoms with van der Waals surface area (Å²) in [4.78, 5) is 26.2. The predicted molar refractivity (Wildman–Crippen MR) is 105 cm³/mol. The third-order valence-corrected chi connectivity index (χ3v) is 9.97. The Bertz CT molecular complexity index is 850. The second-order valence-electron chi connectivity index (χ2n) is 8.47. The fourth-order valence-corrected chi connectivity index (χ4v) is 3.70. The molecule has 1 aromatic carbocycles. The van der Waals surface area contributed by atoms with Crippen molar-refractivity contribution in [2.24, 2.45) is 0 Å². The third-order valence-electron chi connectivity index (χ3n) is 5.46.